The highest BCUT2D eigenvalue weighted by Gasteiger charge is 2.29. The highest BCUT2D eigenvalue weighted by Crippen LogP contribution is 2.37. The van der Waals surface area contributed by atoms with Crippen molar-refractivity contribution in [1.29, 1.82) is 0 Å². The van der Waals surface area contributed by atoms with Crippen molar-refractivity contribution in [2.45, 2.75) is 13.3 Å². The maximum Gasteiger partial charge on any atom is 0.297 e. The van der Waals surface area contributed by atoms with E-state index in [0.717, 1.165) is 19.1 Å². The lowest BCUT2D eigenvalue weighted by atomic mass is 10.0. The minimum Gasteiger partial charge on any atom is -0.294 e. The number of nitro benzene ring substituents is 1. The lowest BCUT2D eigenvalue weighted by molar-refractivity contribution is -0.386. The fourth-order valence-corrected chi connectivity index (χ4v) is 1.53. The van der Waals surface area contributed by atoms with Crippen LogP contribution in [0, 0.1) is 10.1 Å². The molecule has 0 atom stereocenters. The Labute approximate surface area is 94.0 Å². The Morgan fingerprint density at radius 2 is 2.06 bits per heavy atom. The number of benzene rings is 1. The van der Waals surface area contributed by atoms with Gasteiger partial charge in [-0.25, -0.2) is 8.78 Å². The van der Waals surface area contributed by atoms with Crippen LogP contribution < -0.4 is 0 Å². The van der Waals surface area contributed by atoms with Gasteiger partial charge >= 0.3 is 0 Å². The molecule has 0 amide bonds. The summed E-state index contributed by atoms with van der Waals surface area (Å²) < 4.78 is 25.3. The lowest BCUT2D eigenvalue weighted by Gasteiger charge is -2.07. The van der Waals surface area contributed by atoms with Gasteiger partial charge in [0.05, 0.1) is 4.92 Å². The summed E-state index contributed by atoms with van der Waals surface area (Å²) in [4.78, 5) is 20.6. The summed E-state index contributed by atoms with van der Waals surface area (Å²) in [5.74, 6) is -0.671. The molecule has 1 rings (SSSR count). The number of hydrogen-bond acceptors (Lipinski definition) is 3. The molecule has 0 aliphatic rings. The first-order chi connectivity index (χ1) is 7.36. The van der Waals surface area contributed by atoms with E-state index in [1.807, 2.05) is 0 Å². The third kappa shape index (κ3) is 2.16. The van der Waals surface area contributed by atoms with Crippen LogP contribution in [0.25, 0.3) is 0 Å². The second-order valence-corrected chi connectivity index (χ2v) is 3.38. The summed E-state index contributed by atoms with van der Waals surface area (Å²) in [6.45, 7) is 1.05. The normalized spacial score (nSPS) is 10.6. The van der Waals surface area contributed by atoms with E-state index in [0.29, 0.717) is 0 Å². The van der Waals surface area contributed by atoms with Crippen molar-refractivity contribution in [3.05, 3.63) is 38.4 Å². The van der Waals surface area contributed by atoms with E-state index < -0.39 is 33.4 Å². The van der Waals surface area contributed by atoms with E-state index >= 15 is 0 Å². The van der Waals surface area contributed by atoms with Crippen molar-refractivity contribution >= 4 is 23.1 Å². The van der Waals surface area contributed by atoms with Crippen LogP contribution >= 0.6 is 11.6 Å². The van der Waals surface area contributed by atoms with Gasteiger partial charge in [-0.15, -0.1) is 0 Å². The van der Waals surface area contributed by atoms with E-state index in [1.165, 1.54) is 0 Å². The van der Waals surface area contributed by atoms with Crippen LogP contribution in [0.3, 0.4) is 0 Å². The van der Waals surface area contributed by atoms with Crippen molar-refractivity contribution in [3.8, 4) is 0 Å². The molecule has 0 aromatic heterocycles. The number of hydrogen-bond donors (Lipinski definition) is 0. The van der Waals surface area contributed by atoms with Crippen LogP contribution in [0.1, 0.15) is 29.3 Å². The Kier molecular flexibility index (Phi) is 3.54. The predicted octanol–water partition coefficient (Wildman–Crippen LogP) is 3.39. The zero-order valence-corrected chi connectivity index (χ0v) is 8.79. The first-order valence-electron chi connectivity index (χ1n) is 4.12. The number of nitro groups is 1. The molecule has 0 fully saturated rings. The van der Waals surface area contributed by atoms with Crippen LogP contribution in [-0.2, 0) is 0 Å². The third-order valence-electron chi connectivity index (χ3n) is 1.95. The van der Waals surface area contributed by atoms with Crippen molar-refractivity contribution in [3.63, 3.8) is 0 Å². The maximum atomic E-state index is 12.7. The van der Waals surface area contributed by atoms with E-state index in [2.05, 4.69) is 0 Å². The fourth-order valence-electron chi connectivity index (χ4n) is 1.29. The topological polar surface area (TPSA) is 60.2 Å². The van der Waals surface area contributed by atoms with Crippen molar-refractivity contribution < 1.29 is 18.5 Å². The van der Waals surface area contributed by atoms with Gasteiger partial charge in [0.2, 0.25) is 0 Å². The van der Waals surface area contributed by atoms with Crippen LogP contribution in [0.5, 0.6) is 0 Å². The van der Waals surface area contributed by atoms with Crippen molar-refractivity contribution in [1.82, 2.24) is 0 Å². The minimum absolute atomic E-state index is 0.383. The third-order valence-corrected chi connectivity index (χ3v) is 2.25. The van der Waals surface area contributed by atoms with Crippen LogP contribution in [0.4, 0.5) is 14.5 Å². The van der Waals surface area contributed by atoms with Gasteiger partial charge in [-0.2, -0.15) is 0 Å². The van der Waals surface area contributed by atoms with Gasteiger partial charge in [-0.05, 0) is 19.1 Å². The number of nitrogens with zero attached hydrogens (tertiary/aromatic N) is 1. The summed E-state index contributed by atoms with van der Waals surface area (Å²) in [7, 11) is 0. The Morgan fingerprint density at radius 3 is 2.44 bits per heavy atom. The molecule has 0 spiro atoms. The van der Waals surface area contributed by atoms with Gasteiger partial charge in [0.15, 0.2) is 5.78 Å². The number of alkyl halides is 2. The predicted molar refractivity (Wildman–Crippen MR) is 53.1 cm³/mol. The van der Waals surface area contributed by atoms with Crippen LogP contribution in [-0.4, -0.2) is 10.7 Å². The lowest BCUT2D eigenvalue weighted by Crippen LogP contribution is -2.05. The Bertz CT molecular complexity index is 462. The van der Waals surface area contributed by atoms with Crippen LogP contribution in [0.2, 0.25) is 5.02 Å². The first kappa shape index (κ1) is 12.5. The largest absolute Gasteiger partial charge is 0.297 e. The summed E-state index contributed by atoms with van der Waals surface area (Å²) in [6, 6.07) is 2.11. The standard InChI is InChI=1S/C9H6ClF2NO3/c1-4(14)5-2-3-6(10)8(13(15)16)7(5)9(11)12/h2-3,9H,1H3. The highest BCUT2D eigenvalue weighted by molar-refractivity contribution is 6.33. The molecule has 1 aromatic carbocycles. The van der Waals surface area contributed by atoms with Gasteiger partial charge in [0.1, 0.15) is 10.6 Å². The summed E-state index contributed by atoms with van der Waals surface area (Å²) in [6.07, 6.45) is -3.13. The molecule has 16 heavy (non-hydrogen) atoms. The highest BCUT2D eigenvalue weighted by atomic mass is 35.5. The molecule has 1 aromatic rings. The molecule has 0 radical (unpaired) electrons. The van der Waals surface area contributed by atoms with Gasteiger partial charge in [0.25, 0.3) is 12.1 Å². The van der Waals surface area contributed by atoms with Gasteiger partial charge in [-0.1, -0.05) is 11.6 Å². The molecule has 0 aliphatic heterocycles. The molecule has 0 unspecified atom stereocenters. The smallest absolute Gasteiger partial charge is 0.294 e. The molecule has 0 heterocycles. The Balaban J connectivity index is 3.63. The fraction of sp³-hybridized carbons (Fsp3) is 0.222. The summed E-state index contributed by atoms with van der Waals surface area (Å²) in [5, 5.41) is 10.2. The second-order valence-electron chi connectivity index (χ2n) is 2.97. The molecule has 0 aliphatic carbocycles. The van der Waals surface area contributed by atoms with Gasteiger partial charge in [0, 0.05) is 5.56 Å². The zero-order valence-electron chi connectivity index (χ0n) is 8.04. The molecule has 0 bridgehead atoms. The molecule has 0 N–H and O–H groups in total. The monoisotopic (exact) mass is 249 g/mol. The molecular formula is C9H6ClF2NO3. The van der Waals surface area contributed by atoms with Gasteiger partial charge < -0.3 is 0 Å². The van der Waals surface area contributed by atoms with Gasteiger partial charge in [-0.3, -0.25) is 14.9 Å². The average Bonchev–Trinajstić information content (AvgIpc) is 2.15. The summed E-state index contributed by atoms with van der Waals surface area (Å²) >= 11 is 5.46. The molecule has 0 saturated carbocycles. The van der Waals surface area contributed by atoms with Crippen molar-refractivity contribution in [2.24, 2.45) is 0 Å². The number of Topliss-reactive ketones (excluding diaryl/α,β-unsaturated/α-hetero) is 1. The van der Waals surface area contributed by atoms with E-state index in [9.17, 15) is 23.7 Å². The van der Waals surface area contributed by atoms with E-state index in [-0.39, 0.29) is 5.56 Å². The van der Waals surface area contributed by atoms with Crippen LogP contribution in [0.15, 0.2) is 12.1 Å². The number of halogens is 3. The maximum absolute atomic E-state index is 12.7. The quantitative estimate of drug-likeness (QED) is 0.469. The SMILES string of the molecule is CC(=O)c1ccc(Cl)c([N+](=O)[O-])c1C(F)F. The second kappa shape index (κ2) is 4.52. The molecule has 7 heteroatoms. The summed E-state index contributed by atoms with van der Waals surface area (Å²) in [5.41, 5.74) is -2.22. The molecule has 4 nitrogen and oxygen atoms in total. The first-order valence-corrected chi connectivity index (χ1v) is 4.50. The van der Waals surface area contributed by atoms with E-state index in [4.69, 9.17) is 11.6 Å². The number of rotatable bonds is 3. The molecule has 86 valence electrons. The average molecular weight is 250 g/mol. The van der Waals surface area contributed by atoms with E-state index in [1.54, 1.807) is 0 Å². The minimum atomic E-state index is -3.13. The molecule has 0 saturated heterocycles. The number of carbonyl (C=O) groups is 1. The number of carbonyl (C=O) groups excluding carboxylic acids is 1. The molecular weight excluding hydrogens is 244 g/mol. The zero-order chi connectivity index (χ0) is 12.5. The Hall–Kier alpha value is -1.56. The van der Waals surface area contributed by atoms with Crippen molar-refractivity contribution in [2.75, 3.05) is 0 Å². The Morgan fingerprint density at radius 1 is 1.50 bits per heavy atom. The number of ketones is 1.